The lowest BCUT2D eigenvalue weighted by molar-refractivity contribution is -0.138. The molecule has 0 aromatic rings. The number of carboxylic acid groups (broad SMARTS) is 1. The quantitative estimate of drug-likeness (QED) is 0.472. The Balaban J connectivity index is 3.41. The fourth-order valence-electron chi connectivity index (χ4n) is 1.01. The molecule has 0 radical (unpaired) electrons. The molecule has 0 aliphatic carbocycles. The molecular weight excluding hydrogens is 168 g/mol. The molecule has 0 heterocycles. The molecule has 1 unspecified atom stereocenters. The number of rotatable bonds is 7. The third-order valence-corrected chi connectivity index (χ3v) is 1.72. The Kier molecular flexibility index (Phi) is 7.30. The van der Waals surface area contributed by atoms with Gasteiger partial charge in [-0.05, 0) is 12.8 Å². The van der Waals surface area contributed by atoms with Crippen molar-refractivity contribution in [3.63, 3.8) is 0 Å². The van der Waals surface area contributed by atoms with Crippen LogP contribution in [0.3, 0.4) is 0 Å². The van der Waals surface area contributed by atoms with Crippen LogP contribution >= 0.6 is 0 Å². The molecule has 0 aromatic carbocycles. The molecule has 0 aliphatic rings. The van der Waals surface area contributed by atoms with E-state index in [1.54, 1.807) is 6.08 Å². The number of allylic oxidation sites excluding steroid dienone is 1. The molecule has 13 heavy (non-hydrogen) atoms. The van der Waals surface area contributed by atoms with E-state index in [4.69, 9.17) is 10.2 Å². The van der Waals surface area contributed by atoms with Gasteiger partial charge in [-0.3, -0.25) is 4.79 Å². The molecular formula is C10H18O3. The first kappa shape index (κ1) is 12.2. The first-order chi connectivity index (χ1) is 6.16. The standard InChI is InChI=1S/C10H18O3/c1-2-3-4-5-6-7-9(11)8-10(12)13/h6-7,9,11H,2-5,8H2,1H3,(H,12,13). The fourth-order valence-corrected chi connectivity index (χ4v) is 1.01. The Hall–Kier alpha value is -0.830. The number of aliphatic hydroxyl groups is 1. The van der Waals surface area contributed by atoms with Crippen LogP contribution in [0.25, 0.3) is 0 Å². The van der Waals surface area contributed by atoms with Gasteiger partial charge in [-0.25, -0.2) is 0 Å². The highest BCUT2D eigenvalue weighted by Gasteiger charge is 2.03. The highest BCUT2D eigenvalue weighted by molar-refractivity contribution is 5.67. The van der Waals surface area contributed by atoms with Gasteiger partial charge in [0, 0.05) is 0 Å². The minimum absolute atomic E-state index is 0.204. The van der Waals surface area contributed by atoms with Crippen LogP contribution in [-0.2, 0) is 4.79 Å². The summed E-state index contributed by atoms with van der Waals surface area (Å²) >= 11 is 0. The summed E-state index contributed by atoms with van der Waals surface area (Å²) in [6.45, 7) is 2.13. The minimum Gasteiger partial charge on any atom is -0.481 e. The zero-order valence-electron chi connectivity index (χ0n) is 8.07. The lowest BCUT2D eigenvalue weighted by atomic mass is 10.1. The molecule has 3 heteroatoms. The normalized spacial score (nSPS) is 13.4. The fraction of sp³-hybridized carbons (Fsp3) is 0.700. The van der Waals surface area contributed by atoms with Crippen molar-refractivity contribution >= 4 is 5.97 Å². The molecule has 3 nitrogen and oxygen atoms in total. The molecule has 0 saturated heterocycles. The van der Waals surface area contributed by atoms with Crippen molar-refractivity contribution in [2.75, 3.05) is 0 Å². The van der Waals surface area contributed by atoms with Gasteiger partial charge in [0.15, 0.2) is 0 Å². The summed E-state index contributed by atoms with van der Waals surface area (Å²) in [6, 6.07) is 0. The van der Waals surface area contributed by atoms with E-state index in [0.717, 1.165) is 12.8 Å². The van der Waals surface area contributed by atoms with E-state index in [1.165, 1.54) is 12.8 Å². The monoisotopic (exact) mass is 186 g/mol. The predicted octanol–water partition coefficient (Wildman–Crippen LogP) is 1.96. The molecule has 0 spiro atoms. The summed E-state index contributed by atoms with van der Waals surface area (Å²) in [5.74, 6) is -0.967. The highest BCUT2D eigenvalue weighted by Crippen LogP contribution is 2.01. The third-order valence-electron chi connectivity index (χ3n) is 1.72. The van der Waals surface area contributed by atoms with Crippen LogP contribution in [0.2, 0.25) is 0 Å². The van der Waals surface area contributed by atoms with Gasteiger partial charge in [-0.1, -0.05) is 31.9 Å². The largest absolute Gasteiger partial charge is 0.481 e. The first-order valence-electron chi connectivity index (χ1n) is 4.73. The third kappa shape index (κ3) is 9.08. The van der Waals surface area contributed by atoms with E-state index in [9.17, 15) is 4.79 Å². The maximum Gasteiger partial charge on any atom is 0.306 e. The number of carboxylic acids is 1. The molecule has 1 atom stereocenters. The summed E-state index contributed by atoms with van der Waals surface area (Å²) in [7, 11) is 0. The summed E-state index contributed by atoms with van der Waals surface area (Å²) < 4.78 is 0. The van der Waals surface area contributed by atoms with Crippen LogP contribution in [0.15, 0.2) is 12.2 Å². The molecule has 76 valence electrons. The van der Waals surface area contributed by atoms with Crippen molar-refractivity contribution in [1.29, 1.82) is 0 Å². The maximum absolute atomic E-state index is 10.2. The Morgan fingerprint density at radius 3 is 2.69 bits per heavy atom. The summed E-state index contributed by atoms with van der Waals surface area (Å²) in [6.07, 6.45) is 6.75. The smallest absolute Gasteiger partial charge is 0.306 e. The highest BCUT2D eigenvalue weighted by atomic mass is 16.4. The second-order valence-corrected chi connectivity index (χ2v) is 3.09. The van der Waals surface area contributed by atoms with E-state index in [-0.39, 0.29) is 6.42 Å². The van der Waals surface area contributed by atoms with Crippen molar-refractivity contribution in [3.05, 3.63) is 12.2 Å². The molecule has 2 N–H and O–H groups in total. The van der Waals surface area contributed by atoms with E-state index >= 15 is 0 Å². The molecule has 0 aliphatic heterocycles. The number of aliphatic carboxylic acids is 1. The van der Waals surface area contributed by atoms with Crippen molar-refractivity contribution in [1.82, 2.24) is 0 Å². The predicted molar refractivity (Wildman–Crippen MR) is 51.5 cm³/mol. The Bertz CT molecular complexity index is 164. The van der Waals surface area contributed by atoms with Gasteiger partial charge >= 0.3 is 5.97 Å². The minimum atomic E-state index is -0.967. The van der Waals surface area contributed by atoms with E-state index in [0.29, 0.717) is 0 Å². The molecule has 0 amide bonds. The van der Waals surface area contributed by atoms with Gasteiger partial charge < -0.3 is 10.2 Å². The average molecular weight is 186 g/mol. The van der Waals surface area contributed by atoms with Crippen LogP contribution in [0.5, 0.6) is 0 Å². The molecule has 0 saturated carbocycles. The number of hydrogen-bond acceptors (Lipinski definition) is 2. The zero-order valence-corrected chi connectivity index (χ0v) is 8.07. The van der Waals surface area contributed by atoms with Gasteiger partial charge in [0.05, 0.1) is 12.5 Å². The van der Waals surface area contributed by atoms with E-state index < -0.39 is 12.1 Å². The van der Waals surface area contributed by atoms with Crippen LogP contribution in [0.1, 0.15) is 39.0 Å². The van der Waals surface area contributed by atoms with Gasteiger partial charge in [-0.15, -0.1) is 0 Å². The van der Waals surface area contributed by atoms with Crippen LogP contribution in [-0.4, -0.2) is 22.3 Å². The van der Waals surface area contributed by atoms with Crippen LogP contribution in [0, 0.1) is 0 Å². The second kappa shape index (κ2) is 7.80. The average Bonchev–Trinajstić information content (AvgIpc) is 2.02. The maximum atomic E-state index is 10.2. The summed E-state index contributed by atoms with van der Waals surface area (Å²) in [4.78, 5) is 10.2. The first-order valence-corrected chi connectivity index (χ1v) is 4.73. The SMILES string of the molecule is CCCCCC=CC(O)CC(=O)O. The lowest BCUT2D eigenvalue weighted by Gasteiger charge is -1.99. The number of aliphatic hydroxyl groups excluding tert-OH is 1. The summed E-state index contributed by atoms with van der Waals surface area (Å²) in [5, 5.41) is 17.4. The molecule has 0 bridgehead atoms. The van der Waals surface area contributed by atoms with Crippen molar-refractivity contribution in [2.24, 2.45) is 0 Å². The van der Waals surface area contributed by atoms with Crippen molar-refractivity contribution in [2.45, 2.75) is 45.1 Å². The Morgan fingerprint density at radius 2 is 2.15 bits per heavy atom. The van der Waals surface area contributed by atoms with Gasteiger partial charge in [0.2, 0.25) is 0 Å². The van der Waals surface area contributed by atoms with Crippen molar-refractivity contribution < 1.29 is 15.0 Å². The number of hydrogen-bond donors (Lipinski definition) is 2. The van der Waals surface area contributed by atoms with Gasteiger partial charge in [-0.2, -0.15) is 0 Å². The molecule has 0 fully saturated rings. The zero-order chi connectivity index (χ0) is 10.1. The van der Waals surface area contributed by atoms with Crippen LogP contribution < -0.4 is 0 Å². The Labute approximate surface area is 79.1 Å². The molecule has 0 aromatic heterocycles. The second-order valence-electron chi connectivity index (χ2n) is 3.09. The van der Waals surface area contributed by atoms with Gasteiger partial charge in [0.1, 0.15) is 0 Å². The Morgan fingerprint density at radius 1 is 1.46 bits per heavy atom. The number of carbonyl (C=O) groups is 1. The van der Waals surface area contributed by atoms with E-state index in [2.05, 4.69) is 6.92 Å². The van der Waals surface area contributed by atoms with E-state index in [1.807, 2.05) is 6.08 Å². The summed E-state index contributed by atoms with van der Waals surface area (Å²) in [5.41, 5.74) is 0. The van der Waals surface area contributed by atoms with Crippen LogP contribution in [0.4, 0.5) is 0 Å². The molecule has 0 rings (SSSR count). The van der Waals surface area contributed by atoms with Gasteiger partial charge in [0.25, 0.3) is 0 Å². The van der Waals surface area contributed by atoms with Crippen molar-refractivity contribution in [3.8, 4) is 0 Å². The topological polar surface area (TPSA) is 57.5 Å². The lowest BCUT2D eigenvalue weighted by Crippen LogP contribution is -2.09. The number of unbranched alkanes of at least 4 members (excludes halogenated alkanes) is 3.